The maximum Gasteiger partial charge on any atom is 0.131 e. The molecular formula is C22H21N3OS. The molecule has 0 unspecified atom stereocenters. The van der Waals surface area contributed by atoms with E-state index in [0.717, 1.165) is 39.2 Å². The standard InChI is InChI=1S/C22H21N3OS/c1-14-6-19(24)9-17-7-15(2-4-21(14)17)16-3-5-22(18(8-16)10-23)26-11-20-12-27-13-25-20/h2-9,12-13H,10-11,23-24H2,1H3. The Kier molecular flexibility index (Phi) is 4.79. The van der Waals surface area contributed by atoms with Crippen molar-refractivity contribution < 1.29 is 4.74 Å². The molecule has 0 saturated carbocycles. The second-order valence-corrected chi connectivity index (χ2v) is 7.29. The van der Waals surface area contributed by atoms with Gasteiger partial charge in [0.25, 0.3) is 0 Å². The van der Waals surface area contributed by atoms with Crippen LogP contribution < -0.4 is 16.2 Å². The summed E-state index contributed by atoms with van der Waals surface area (Å²) < 4.78 is 5.91. The van der Waals surface area contributed by atoms with Crippen LogP contribution in [0.4, 0.5) is 5.69 Å². The van der Waals surface area contributed by atoms with Crippen LogP contribution in [0.15, 0.2) is 59.4 Å². The second-order valence-electron chi connectivity index (χ2n) is 6.57. The molecule has 4 rings (SSSR count). The minimum absolute atomic E-state index is 0.417. The van der Waals surface area contributed by atoms with E-state index in [-0.39, 0.29) is 0 Å². The van der Waals surface area contributed by atoms with Crippen LogP contribution in [0.2, 0.25) is 0 Å². The molecule has 136 valence electrons. The van der Waals surface area contributed by atoms with E-state index < -0.39 is 0 Å². The highest BCUT2D eigenvalue weighted by Crippen LogP contribution is 2.31. The molecule has 0 amide bonds. The number of anilines is 1. The van der Waals surface area contributed by atoms with Crippen molar-refractivity contribution >= 4 is 27.8 Å². The molecule has 5 heteroatoms. The fourth-order valence-corrected chi connectivity index (χ4v) is 3.83. The van der Waals surface area contributed by atoms with Crippen LogP contribution in [0.5, 0.6) is 5.75 Å². The van der Waals surface area contributed by atoms with Crippen molar-refractivity contribution in [1.29, 1.82) is 0 Å². The number of nitrogens with two attached hydrogens (primary N) is 2. The van der Waals surface area contributed by atoms with Gasteiger partial charge in [-0.3, -0.25) is 0 Å². The van der Waals surface area contributed by atoms with Crippen molar-refractivity contribution in [2.24, 2.45) is 5.73 Å². The molecule has 3 aromatic carbocycles. The number of nitrogens with zero attached hydrogens (tertiary/aromatic N) is 1. The van der Waals surface area contributed by atoms with E-state index in [9.17, 15) is 0 Å². The molecular weight excluding hydrogens is 354 g/mol. The van der Waals surface area contributed by atoms with Gasteiger partial charge in [0.2, 0.25) is 0 Å². The number of aromatic nitrogens is 1. The van der Waals surface area contributed by atoms with Gasteiger partial charge in [0.1, 0.15) is 12.4 Å². The van der Waals surface area contributed by atoms with Crippen LogP contribution in [0.3, 0.4) is 0 Å². The quantitative estimate of drug-likeness (QED) is 0.487. The van der Waals surface area contributed by atoms with Crippen LogP contribution in [0, 0.1) is 6.92 Å². The molecule has 1 aromatic heterocycles. The summed E-state index contributed by atoms with van der Waals surface area (Å²) >= 11 is 1.56. The van der Waals surface area contributed by atoms with Gasteiger partial charge >= 0.3 is 0 Å². The van der Waals surface area contributed by atoms with Gasteiger partial charge in [0.15, 0.2) is 0 Å². The molecule has 0 aliphatic rings. The summed E-state index contributed by atoms with van der Waals surface area (Å²) in [4.78, 5) is 4.25. The molecule has 0 aliphatic carbocycles. The van der Waals surface area contributed by atoms with Gasteiger partial charge in [0.05, 0.1) is 11.2 Å². The predicted octanol–water partition coefficient (Wildman–Crippen LogP) is 4.89. The number of ether oxygens (including phenoxy) is 1. The Morgan fingerprint density at radius 2 is 1.85 bits per heavy atom. The first-order chi connectivity index (χ1) is 13.1. The third kappa shape index (κ3) is 3.65. The van der Waals surface area contributed by atoms with E-state index in [1.165, 1.54) is 10.9 Å². The molecule has 0 spiro atoms. The van der Waals surface area contributed by atoms with E-state index in [2.05, 4.69) is 42.2 Å². The van der Waals surface area contributed by atoms with Crippen molar-refractivity contribution in [1.82, 2.24) is 4.98 Å². The van der Waals surface area contributed by atoms with Crippen molar-refractivity contribution in [2.45, 2.75) is 20.1 Å². The molecule has 4 aromatic rings. The number of fused-ring (bicyclic) bond motifs is 1. The van der Waals surface area contributed by atoms with Crippen LogP contribution in [0.1, 0.15) is 16.8 Å². The highest BCUT2D eigenvalue weighted by molar-refractivity contribution is 7.07. The monoisotopic (exact) mass is 375 g/mol. The first-order valence-corrected chi connectivity index (χ1v) is 9.71. The fourth-order valence-electron chi connectivity index (χ4n) is 3.29. The Bertz CT molecular complexity index is 1090. The molecule has 0 fully saturated rings. The van der Waals surface area contributed by atoms with E-state index >= 15 is 0 Å². The lowest BCUT2D eigenvalue weighted by molar-refractivity contribution is 0.299. The molecule has 1 heterocycles. The normalized spacial score (nSPS) is 11.0. The molecule has 0 saturated heterocycles. The van der Waals surface area contributed by atoms with E-state index in [0.29, 0.717) is 13.2 Å². The van der Waals surface area contributed by atoms with Crippen molar-refractivity contribution in [2.75, 3.05) is 5.73 Å². The molecule has 4 nitrogen and oxygen atoms in total. The average Bonchev–Trinajstić information content (AvgIpc) is 3.19. The molecule has 4 N–H and O–H groups in total. The summed E-state index contributed by atoms with van der Waals surface area (Å²) in [6, 6.07) is 16.6. The Morgan fingerprint density at radius 3 is 2.63 bits per heavy atom. The number of rotatable bonds is 5. The molecule has 0 bridgehead atoms. The summed E-state index contributed by atoms with van der Waals surface area (Å²) in [7, 11) is 0. The zero-order valence-electron chi connectivity index (χ0n) is 15.1. The number of aryl methyl sites for hydroxylation is 1. The van der Waals surface area contributed by atoms with Gasteiger partial charge in [-0.25, -0.2) is 4.98 Å². The first kappa shape index (κ1) is 17.5. The van der Waals surface area contributed by atoms with E-state index in [1.807, 2.05) is 23.6 Å². The third-order valence-corrected chi connectivity index (χ3v) is 5.29. The Labute approximate surface area is 162 Å². The maximum absolute atomic E-state index is 6.02. The zero-order valence-corrected chi connectivity index (χ0v) is 15.9. The highest BCUT2D eigenvalue weighted by atomic mass is 32.1. The summed E-state index contributed by atoms with van der Waals surface area (Å²) in [5, 5.41) is 4.34. The summed E-state index contributed by atoms with van der Waals surface area (Å²) in [6.07, 6.45) is 0. The molecule has 0 atom stereocenters. The van der Waals surface area contributed by atoms with Gasteiger partial charge in [-0.05, 0) is 64.7 Å². The Hall–Kier alpha value is -2.89. The third-order valence-electron chi connectivity index (χ3n) is 4.65. The topological polar surface area (TPSA) is 74.2 Å². The predicted molar refractivity (Wildman–Crippen MR) is 113 cm³/mol. The second kappa shape index (κ2) is 7.39. The summed E-state index contributed by atoms with van der Waals surface area (Å²) in [5.41, 5.74) is 19.9. The minimum Gasteiger partial charge on any atom is -0.487 e. The van der Waals surface area contributed by atoms with Crippen molar-refractivity contribution in [3.05, 3.63) is 76.2 Å². The summed E-state index contributed by atoms with van der Waals surface area (Å²) in [6.45, 7) is 2.95. The lowest BCUT2D eigenvalue weighted by Gasteiger charge is -2.13. The van der Waals surface area contributed by atoms with Crippen LogP contribution in [-0.4, -0.2) is 4.98 Å². The number of hydrogen-bond donors (Lipinski definition) is 2. The van der Waals surface area contributed by atoms with Gasteiger partial charge in [-0.1, -0.05) is 18.2 Å². The minimum atomic E-state index is 0.417. The Balaban J connectivity index is 1.66. The largest absolute Gasteiger partial charge is 0.487 e. The van der Waals surface area contributed by atoms with Crippen LogP contribution in [0.25, 0.3) is 21.9 Å². The van der Waals surface area contributed by atoms with Gasteiger partial charge in [0, 0.05) is 23.2 Å². The highest BCUT2D eigenvalue weighted by Gasteiger charge is 2.08. The number of thiazole rings is 1. The number of benzene rings is 3. The van der Waals surface area contributed by atoms with Gasteiger partial charge in [-0.2, -0.15) is 0 Å². The number of hydrogen-bond acceptors (Lipinski definition) is 5. The lowest BCUT2D eigenvalue weighted by atomic mass is 9.97. The smallest absolute Gasteiger partial charge is 0.131 e. The van der Waals surface area contributed by atoms with E-state index in [4.69, 9.17) is 16.2 Å². The fraction of sp³-hybridized carbons (Fsp3) is 0.136. The maximum atomic E-state index is 6.02. The lowest BCUT2D eigenvalue weighted by Crippen LogP contribution is -2.03. The van der Waals surface area contributed by atoms with Gasteiger partial charge in [-0.15, -0.1) is 11.3 Å². The summed E-state index contributed by atoms with van der Waals surface area (Å²) in [5.74, 6) is 0.801. The van der Waals surface area contributed by atoms with Crippen molar-refractivity contribution in [3.8, 4) is 16.9 Å². The Morgan fingerprint density at radius 1 is 1.04 bits per heavy atom. The molecule has 27 heavy (non-hydrogen) atoms. The molecule has 0 radical (unpaired) electrons. The first-order valence-electron chi connectivity index (χ1n) is 8.77. The van der Waals surface area contributed by atoms with Crippen LogP contribution >= 0.6 is 11.3 Å². The van der Waals surface area contributed by atoms with E-state index in [1.54, 1.807) is 16.8 Å². The number of nitrogen functional groups attached to an aromatic ring is 1. The van der Waals surface area contributed by atoms with Crippen LogP contribution in [-0.2, 0) is 13.2 Å². The zero-order chi connectivity index (χ0) is 18.8. The van der Waals surface area contributed by atoms with Crippen molar-refractivity contribution in [3.63, 3.8) is 0 Å². The molecule has 0 aliphatic heterocycles. The SMILES string of the molecule is Cc1cc(N)cc2cc(-c3ccc(OCc4cscn4)c(CN)c3)ccc12. The average molecular weight is 375 g/mol. The van der Waals surface area contributed by atoms with Gasteiger partial charge < -0.3 is 16.2 Å².